The molecule has 4 N–H and O–H groups in total. The summed E-state index contributed by atoms with van der Waals surface area (Å²) in [5, 5.41) is 37.8. The van der Waals surface area contributed by atoms with Crippen molar-refractivity contribution >= 4 is 35.5 Å². The SMILES string of the molecule is COC(=O)CSCC(=O)OCC(O)COc1cccc(OCC(O)CSCC(O)CO)c1. The highest BCUT2D eigenvalue weighted by molar-refractivity contribution is 8.00. The zero-order chi connectivity index (χ0) is 23.8. The second-order valence-corrected chi connectivity index (χ2v) is 8.59. The van der Waals surface area contributed by atoms with E-state index in [0.717, 1.165) is 11.8 Å². The Bertz CT molecular complexity index is 676. The van der Waals surface area contributed by atoms with Crippen molar-refractivity contribution in [2.75, 3.05) is 56.5 Å². The zero-order valence-corrected chi connectivity index (χ0v) is 19.4. The van der Waals surface area contributed by atoms with Gasteiger partial charge in [0.1, 0.15) is 37.4 Å². The summed E-state index contributed by atoms with van der Waals surface area (Å²) in [5.74, 6) is 0.569. The molecule has 3 atom stereocenters. The van der Waals surface area contributed by atoms with E-state index in [1.807, 2.05) is 0 Å². The van der Waals surface area contributed by atoms with E-state index in [4.69, 9.17) is 19.3 Å². The number of carbonyl (C=O) groups excluding carboxylic acids is 2. The second-order valence-electron chi connectivity index (χ2n) is 6.53. The van der Waals surface area contributed by atoms with Crippen LogP contribution in [0.1, 0.15) is 0 Å². The van der Waals surface area contributed by atoms with Gasteiger partial charge in [-0.3, -0.25) is 9.59 Å². The molecule has 0 aliphatic heterocycles. The number of methoxy groups -OCH3 is 1. The smallest absolute Gasteiger partial charge is 0.316 e. The quantitative estimate of drug-likeness (QED) is 0.210. The van der Waals surface area contributed by atoms with Crippen molar-refractivity contribution in [3.63, 3.8) is 0 Å². The third kappa shape index (κ3) is 13.7. The lowest BCUT2D eigenvalue weighted by molar-refractivity contribution is -0.143. The highest BCUT2D eigenvalue weighted by Crippen LogP contribution is 2.20. The first kappa shape index (κ1) is 28.3. The first-order valence-electron chi connectivity index (χ1n) is 9.72. The van der Waals surface area contributed by atoms with Gasteiger partial charge in [-0.1, -0.05) is 6.07 Å². The van der Waals surface area contributed by atoms with Gasteiger partial charge in [0.05, 0.1) is 37.4 Å². The molecular formula is C20H30O10S2. The van der Waals surface area contributed by atoms with Crippen LogP contribution in [0.2, 0.25) is 0 Å². The summed E-state index contributed by atoms with van der Waals surface area (Å²) in [4.78, 5) is 22.5. The van der Waals surface area contributed by atoms with Crippen molar-refractivity contribution in [3.05, 3.63) is 24.3 Å². The lowest BCUT2D eigenvalue weighted by Gasteiger charge is -2.15. The summed E-state index contributed by atoms with van der Waals surface area (Å²) in [5.41, 5.74) is 0. The lowest BCUT2D eigenvalue weighted by Crippen LogP contribution is -2.26. The molecule has 1 aromatic rings. The Balaban J connectivity index is 2.26. The molecule has 3 unspecified atom stereocenters. The fourth-order valence-corrected chi connectivity index (χ4v) is 3.55. The maximum atomic E-state index is 11.6. The summed E-state index contributed by atoms with van der Waals surface area (Å²) in [7, 11) is 1.26. The predicted molar refractivity (Wildman–Crippen MR) is 120 cm³/mol. The molecule has 0 bridgehead atoms. The van der Waals surface area contributed by atoms with Crippen molar-refractivity contribution in [2.24, 2.45) is 0 Å². The van der Waals surface area contributed by atoms with Crippen LogP contribution in [0.3, 0.4) is 0 Å². The Morgan fingerprint density at radius 1 is 0.875 bits per heavy atom. The molecule has 0 aromatic heterocycles. The Hall–Kier alpha value is -1.70. The summed E-state index contributed by atoms with van der Waals surface area (Å²) in [6, 6.07) is 6.63. The third-order valence-electron chi connectivity index (χ3n) is 3.63. The van der Waals surface area contributed by atoms with E-state index in [1.165, 1.54) is 18.9 Å². The minimum Gasteiger partial charge on any atom is -0.491 e. The van der Waals surface area contributed by atoms with E-state index < -0.39 is 30.3 Å². The highest BCUT2D eigenvalue weighted by Gasteiger charge is 2.12. The normalized spacial score (nSPS) is 13.7. The molecule has 0 amide bonds. The molecule has 0 aliphatic rings. The summed E-state index contributed by atoms with van der Waals surface area (Å²) in [6.07, 6.45) is -2.61. The molecule has 0 heterocycles. The van der Waals surface area contributed by atoms with Gasteiger partial charge >= 0.3 is 11.9 Å². The maximum absolute atomic E-state index is 11.6. The van der Waals surface area contributed by atoms with Crippen LogP contribution < -0.4 is 9.47 Å². The number of aliphatic hydroxyl groups is 4. The fraction of sp³-hybridized carbons (Fsp3) is 0.600. The molecule has 0 saturated heterocycles. The lowest BCUT2D eigenvalue weighted by atomic mass is 10.3. The number of hydrogen-bond donors (Lipinski definition) is 4. The van der Waals surface area contributed by atoms with Crippen LogP contribution in [0.25, 0.3) is 0 Å². The van der Waals surface area contributed by atoms with Crippen LogP contribution in [0.4, 0.5) is 0 Å². The number of rotatable bonds is 17. The fourth-order valence-electron chi connectivity index (χ4n) is 2.04. The number of thioether (sulfide) groups is 2. The Morgan fingerprint density at radius 3 is 2.09 bits per heavy atom. The Labute approximate surface area is 195 Å². The Kier molecular flexibility index (Phi) is 14.9. The minimum atomic E-state index is -1.04. The molecular weight excluding hydrogens is 464 g/mol. The van der Waals surface area contributed by atoms with Gasteiger partial charge in [0.25, 0.3) is 0 Å². The number of hydrogen-bond acceptors (Lipinski definition) is 12. The third-order valence-corrected chi connectivity index (χ3v) is 5.75. The van der Waals surface area contributed by atoms with Gasteiger partial charge in [-0.15, -0.1) is 11.8 Å². The minimum absolute atomic E-state index is 0.0333. The van der Waals surface area contributed by atoms with E-state index in [2.05, 4.69) is 4.74 Å². The molecule has 1 aromatic carbocycles. The van der Waals surface area contributed by atoms with E-state index in [1.54, 1.807) is 24.3 Å². The Morgan fingerprint density at radius 2 is 1.47 bits per heavy atom. The number of benzene rings is 1. The largest absolute Gasteiger partial charge is 0.491 e. The molecule has 1 rings (SSSR count). The van der Waals surface area contributed by atoms with Crippen molar-refractivity contribution in [1.29, 1.82) is 0 Å². The molecule has 0 saturated carbocycles. The first-order chi connectivity index (χ1) is 15.3. The van der Waals surface area contributed by atoms with Gasteiger partial charge in [0, 0.05) is 17.6 Å². The van der Waals surface area contributed by atoms with Gasteiger partial charge in [-0.05, 0) is 12.1 Å². The van der Waals surface area contributed by atoms with Crippen LogP contribution in [0.5, 0.6) is 11.5 Å². The van der Waals surface area contributed by atoms with Crippen molar-refractivity contribution in [2.45, 2.75) is 18.3 Å². The number of ether oxygens (including phenoxy) is 4. The van der Waals surface area contributed by atoms with Crippen molar-refractivity contribution < 1.29 is 49.0 Å². The predicted octanol–water partition coefficient (Wildman–Crippen LogP) is -0.298. The number of esters is 2. The molecule has 0 fully saturated rings. The van der Waals surface area contributed by atoms with E-state index in [9.17, 15) is 24.9 Å². The second kappa shape index (κ2) is 16.9. The topological polar surface area (TPSA) is 152 Å². The molecule has 10 nitrogen and oxygen atoms in total. The van der Waals surface area contributed by atoms with Gasteiger partial charge < -0.3 is 39.4 Å². The van der Waals surface area contributed by atoms with Crippen LogP contribution in [0.15, 0.2) is 24.3 Å². The average molecular weight is 495 g/mol. The van der Waals surface area contributed by atoms with E-state index in [0.29, 0.717) is 23.0 Å². The van der Waals surface area contributed by atoms with Crippen LogP contribution in [-0.4, -0.2) is 107 Å². The van der Waals surface area contributed by atoms with Crippen LogP contribution >= 0.6 is 23.5 Å². The van der Waals surface area contributed by atoms with E-state index >= 15 is 0 Å². The number of carbonyl (C=O) groups is 2. The van der Waals surface area contributed by atoms with Gasteiger partial charge in [0.2, 0.25) is 0 Å². The first-order valence-corrected chi connectivity index (χ1v) is 12.0. The van der Waals surface area contributed by atoms with Gasteiger partial charge in [-0.25, -0.2) is 0 Å². The highest BCUT2D eigenvalue weighted by atomic mass is 32.2. The summed E-state index contributed by atoms with van der Waals surface area (Å²) < 4.78 is 20.4. The van der Waals surface area contributed by atoms with Gasteiger partial charge in [-0.2, -0.15) is 11.8 Å². The van der Waals surface area contributed by atoms with E-state index in [-0.39, 0.29) is 37.9 Å². The molecule has 0 spiro atoms. The zero-order valence-electron chi connectivity index (χ0n) is 17.8. The standard InChI is InChI=1S/C20H30O10S2/c1-27-19(25)12-32-13-20(26)30-8-15(23)7-28-17-3-2-4-18(5-17)29-9-16(24)11-31-10-14(22)6-21/h2-5,14-16,21-24H,6-13H2,1H3. The van der Waals surface area contributed by atoms with Gasteiger partial charge in [0.15, 0.2) is 0 Å². The maximum Gasteiger partial charge on any atom is 0.316 e. The number of aliphatic hydroxyl groups excluding tert-OH is 4. The van der Waals surface area contributed by atoms with Crippen LogP contribution in [-0.2, 0) is 19.1 Å². The van der Waals surface area contributed by atoms with Crippen LogP contribution in [0, 0.1) is 0 Å². The average Bonchev–Trinajstić information content (AvgIpc) is 2.80. The molecule has 12 heteroatoms. The molecule has 0 aliphatic carbocycles. The molecule has 0 radical (unpaired) electrons. The van der Waals surface area contributed by atoms with Crippen molar-refractivity contribution in [3.8, 4) is 11.5 Å². The summed E-state index contributed by atoms with van der Waals surface area (Å²) in [6.45, 7) is -0.640. The van der Waals surface area contributed by atoms with Crippen molar-refractivity contribution in [1.82, 2.24) is 0 Å². The molecule has 32 heavy (non-hydrogen) atoms. The molecule has 182 valence electrons. The summed E-state index contributed by atoms with van der Waals surface area (Å²) >= 11 is 2.36. The monoisotopic (exact) mass is 494 g/mol.